The van der Waals surface area contributed by atoms with Crippen molar-refractivity contribution in [2.45, 2.75) is 32.2 Å². The van der Waals surface area contributed by atoms with E-state index >= 15 is 0 Å². The van der Waals surface area contributed by atoms with Gasteiger partial charge in [-0.25, -0.2) is 9.79 Å². The molecule has 0 aliphatic carbocycles. The molecule has 2 atom stereocenters. The van der Waals surface area contributed by atoms with Crippen LogP contribution in [0.5, 0.6) is 0 Å². The summed E-state index contributed by atoms with van der Waals surface area (Å²) in [6.07, 6.45) is -3.42. The topological polar surface area (TPSA) is 59.5 Å². The summed E-state index contributed by atoms with van der Waals surface area (Å²) in [7, 11) is 1.57. The number of halogens is 3. The number of rotatable bonds is 3. The van der Waals surface area contributed by atoms with Crippen molar-refractivity contribution in [3.05, 3.63) is 53.9 Å². The van der Waals surface area contributed by atoms with Gasteiger partial charge in [0.05, 0.1) is 12.1 Å². The van der Waals surface area contributed by atoms with Gasteiger partial charge in [0.1, 0.15) is 0 Å². The Hall–Kier alpha value is -3.30. The first-order valence-electron chi connectivity index (χ1n) is 9.25. The van der Waals surface area contributed by atoms with E-state index in [1.165, 1.54) is 17.0 Å². The van der Waals surface area contributed by atoms with Crippen LogP contribution < -0.4 is 4.90 Å². The Morgan fingerprint density at radius 2 is 1.83 bits per heavy atom. The molecule has 1 saturated heterocycles. The maximum Gasteiger partial charge on any atom is 0.416 e. The Balaban J connectivity index is 1.68. The first kappa shape index (κ1) is 20.0. The van der Waals surface area contributed by atoms with Gasteiger partial charge in [-0.3, -0.25) is 14.6 Å². The van der Waals surface area contributed by atoms with Crippen LogP contribution in [-0.4, -0.2) is 58.4 Å². The number of urea groups is 1. The van der Waals surface area contributed by atoms with Crippen molar-refractivity contribution in [1.82, 2.24) is 14.7 Å². The third-order valence-corrected chi connectivity index (χ3v) is 5.27. The Bertz CT molecular complexity index is 999. The first-order valence-corrected chi connectivity index (χ1v) is 9.25. The number of hydrogen-bond acceptors (Lipinski definition) is 5. The number of guanidine groups is 1. The third kappa shape index (κ3) is 2.94. The summed E-state index contributed by atoms with van der Waals surface area (Å²) in [6.45, 7) is 7.40. The molecule has 0 bridgehead atoms. The predicted octanol–water partition coefficient (Wildman–Crippen LogP) is 3.22. The van der Waals surface area contributed by atoms with Gasteiger partial charge in [-0.05, 0) is 38.1 Å². The molecule has 0 N–H and O–H groups in total. The number of benzene rings is 1. The molecule has 0 spiro atoms. The van der Waals surface area contributed by atoms with Crippen molar-refractivity contribution in [3.8, 4) is 0 Å². The van der Waals surface area contributed by atoms with Gasteiger partial charge in [0.25, 0.3) is 5.91 Å². The molecule has 10 heteroatoms. The Kier molecular flexibility index (Phi) is 4.41. The SMILES string of the molecule is C=C(C)CN1C(=O)C2C(N=C3N(c4ccc(C(F)(F)F)cc4)C(C)=CN32)N(C)C1=O. The van der Waals surface area contributed by atoms with E-state index in [1.54, 1.807) is 36.9 Å². The van der Waals surface area contributed by atoms with Gasteiger partial charge in [0, 0.05) is 24.6 Å². The van der Waals surface area contributed by atoms with Crippen molar-refractivity contribution < 1.29 is 22.8 Å². The maximum absolute atomic E-state index is 13.1. The standard InChI is InChI=1S/C20H20F3N5O2/c1-11(2)9-27-17(29)15-16(25(4)19(27)30)24-18-26(15)10-12(3)28(18)14-7-5-13(6-8-14)20(21,22)23/h5-8,10,15-16H,1,9H2,2-4H3. The molecule has 4 rings (SSSR count). The second-order valence-electron chi connectivity index (χ2n) is 7.62. The number of amides is 3. The summed E-state index contributed by atoms with van der Waals surface area (Å²) in [6, 6.07) is 3.52. The maximum atomic E-state index is 13.1. The fourth-order valence-corrected chi connectivity index (χ4v) is 3.89. The molecule has 0 radical (unpaired) electrons. The summed E-state index contributed by atoms with van der Waals surface area (Å²) >= 11 is 0. The van der Waals surface area contributed by atoms with Crippen molar-refractivity contribution in [2.75, 3.05) is 18.5 Å². The van der Waals surface area contributed by atoms with Crippen LogP contribution in [-0.2, 0) is 11.0 Å². The lowest BCUT2D eigenvalue weighted by atomic mass is 10.1. The molecule has 1 aromatic carbocycles. The number of aliphatic imine (C=N–C) groups is 1. The molecule has 2 unspecified atom stereocenters. The summed E-state index contributed by atoms with van der Waals surface area (Å²) in [5.41, 5.74) is 1.10. The highest BCUT2D eigenvalue weighted by Gasteiger charge is 2.54. The summed E-state index contributed by atoms with van der Waals surface area (Å²) in [5, 5.41) is 0. The summed E-state index contributed by atoms with van der Waals surface area (Å²) in [5.74, 6) is 0.00982. The molecule has 1 fully saturated rings. The molecule has 1 aromatic rings. The van der Waals surface area contributed by atoms with E-state index in [4.69, 9.17) is 0 Å². The van der Waals surface area contributed by atoms with E-state index in [2.05, 4.69) is 11.6 Å². The quantitative estimate of drug-likeness (QED) is 0.706. The van der Waals surface area contributed by atoms with E-state index < -0.39 is 30.0 Å². The lowest BCUT2D eigenvalue weighted by Crippen LogP contribution is -2.64. The fourth-order valence-electron chi connectivity index (χ4n) is 3.89. The molecule has 0 saturated carbocycles. The second kappa shape index (κ2) is 6.61. The van der Waals surface area contributed by atoms with Crippen molar-refractivity contribution >= 4 is 23.6 Å². The number of imide groups is 1. The number of hydrogen-bond donors (Lipinski definition) is 0. The van der Waals surface area contributed by atoms with Crippen molar-refractivity contribution in [1.29, 1.82) is 0 Å². The molecule has 30 heavy (non-hydrogen) atoms. The van der Waals surface area contributed by atoms with Gasteiger partial charge in [-0.2, -0.15) is 13.2 Å². The van der Waals surface area contributed by atoms with Crippen molar-refractivity contribution in [3.63, 3.8) is 0 Å². The van der Waals surface area contributed by atoms with Crippen LogP contribution in [0.2, 0.25) is 0 Å². The van der Waals surface area contributed by atoms with Gasteiger partial charge in [0.2, 0.25) is 5.96 Å². The Morgan fingerprint density at radius 1 is 1.20 bits per heavy atom. The zero-order valence-corrected chi connectivity index (χ0v) is 16.6. The van der Waals surface area contributed by atoms with Crippen LogP contribution in [0.4, 0.5) is 23.7 Å². The molecule has 3 aliphatic heterocycles. The number of likely N-dealkylation sites (N-methyl/N-ethyl adjacent to an activating group) is 1. The van der Waals surface area contributed by atoms with E-state index in [1.807, 2.05) is 0 Å². The Labute approximate surface area is 171 Å². The minimum Gasteiger partial charge on any atom is -0.302 e. The number of alkyl halides is 3. The van der Waals surface area contributed by atoms with Crippen LogP contribution in [0.3, 0.4) is 0 Å². The third-order valence-electron chi connectivity index (χ3n) is 5.27. The first-order chi connectivity index (χ1) is 14.0. The lowest BCUT2D eigenvalue weighted by molar-refractivity contribution is -0.138. The average Bonchev–Trinajstić information content (AvgIpc) is 3.17. The van der Waals surface area contributed by atoms with Gasteiger partial charge in [-0.1, -0.05) is 12.2 Å². The monoisotopic (exact) mass is 419 g/mol. The number of nitrogens with zero attached hydrogens (tertiary/aromatic N) is 5. The van der Waals surface area contributed by atoms with E-state index in [0.29, 0.717) is 22.9 Å². The molecule has 3 aliphatic rings. The van der Waals surface area contributed by atoms with E-state index in [9.17, 15) is 22.8 Å². The summed E-state index contributed by atoms with van der Waals surface area (Å²) in [4.78, 5) is 36.2. The number of carbonyl (C=O) groups is 2. The molecular formula is C20H20F3N5O2. The number of anilines is 1. The molecular weight excluding hydrogens is 399 g/mol. The minimum atomic E-state index is -4.43. The number of carbonyl (C=O) groups excluding carboxylic acids is 2. The number of fused-ring (bicyclic) bond motifs is 3. The van der Waals surface area contributed by atoms with Crippen LogP contribution in [0, 0.1) is 0 Å². The smallest absolute Gasteiger partial charge is 0.302 e. The average molecular weight is 419 g/mol. The van der Waals surface area contributed by atoms with Crippen LogP contribution >= 0.6 is 0 Å². The zero-order valence-electron chi connectivity index (χ0n) is 16.6. The minimum absolute atomic E-state index is 0.111. The highest BCUT2D eigenvalue weighted by atomic mass is 19.4. The predicted molar refractivity (Wildman–Crippen MR) is 104 cm³/mol. The molecule has 158 valence electrons. The van der Waals surface area contributed by atoms with Gasteiger partial charge in [-0.15, -0.1) is 0 Å². The van der Waals surface area contributed by atoms with Gasteiger partial charge < -0.3 is 9.80 Å². The lowest BCUT2D eigenvalue weighted by Gasteiger charge is -2.40. The summed E-state index contributed by atoms with van der Waals surface area (Å²) < 4.78 is 38.7. The zero-order chi connectivity index (χ0) is 22.0. The molecule has 3 amide bonds. The molecule has 3 heterocycles. The molecule has 0 aromatic heterocycles. The van der Waals surface area contributed by atoms with E-state index in [0.717, 1.165) is 17.0 Å². The fraction of sp³-hybridized carbons (Fsp3) is 0.350. The Morgan fingerprint density at radius 3 is 2.40 bits per heavy atom. The highest BCUT2D eigenvalue weighted by molar-refractivity contribution is 6.10. The van der Waals surface area contributed by atoms with Gasteiger partial charge >= 0.3 is 12.2 Å². The second-order valence-corrected chi connectivity index (χ2v) is 7.62. The van der Waals surface area contributed by atoms with Crippen LogP contribution in [0.25, 0.3) is 0 Å². The van der Waals surface area contributed by atoms with Crippen LogP contribution in [0.1, 0.15) is 19.4 Å². The van der Waals surface area contributed by atoms with Crippen LogP contribution in [0.15, 0.2) is 53.3 Å². The molecule has 7 nitrogen and oxygen atoms in total. The largest absolute Gasteiger partial charge is 0.416 e. The van der Waals surface area contributed by atoms with E-state index in [-0.39, 0.29) is 12.5 Å². The van der Waals surface area contributed by atoms with Crippen molar-refractivity contribution in [2.24, 2.45) is 4.99 Å². The normalized spacial score (nSPS) is 23.5. The number of allylic oxidation sites excluding steroid dienone is 1. The van der Waals surface area contributed by atoms with Gasteiger partial charge in [0.15, 0.2) is 12.2 Å². The highest BCUT2D eigenvalue weighted by Crippen LogP contribution is 2.37.